The summed E-state index contributed by atoms with van der Waals surface area (Å²) in [6, 6.07) is 0. The van der Waals surface area contributed by atoms with Crippen LogP contribution in [0, 0.1) is 5.41 Å². The van der Waals surface area contributed by atoms with Crippen LogP contribution in [0.5, 0.6) is 0 Å². The van der Waals surface area contributed by atoms with Crippen LogP contribution in [-0.2, 0) is 19.1 Å². The topological polar surface area (TPSA) is 76.1 Å². The molecule has 0 heterocycles. The van der Waals surface area contributed by atoms with Gasteiger partial charge in [-0.25, -0.2) is 0 Å². The molecule has 0 fully saturated rings. The van der Waals surface area contributed by atoms with Gasteiger partial charge in [0.15, 0.2) is 0 Å². The van der Waals surface area contributed by atoms with Crippen molar-refractivity contribution in [3.05, 3.63) is 0 Å². The molecule has 6 nitrogen and oxygen atoms in total. The molecule has 0 rings (SSSR count). The van der Waals surface area contributed by atoms with Crippen molar-refractivity contribution in [3.63, 3.8) is 0 Å². The number of esters is 1. The summed E-state index contributed by atoms with van der Waals surface area (Å²) in [5.41, 5.74) is -0.507. The second-order valence-corrected chi connectivity index (χ2v) is 5.20. The predicted octanol–water partition coefficient (Wildman–Crippen LogP) is 0.433. The summed E-state index contributed by atoms with van der Waals surface area (Å²) in [6.45, 7) is 6.73. The third-order valence-corrected chi connectivity index (χ3v) is 2.48. The Balaban J connectivity index is 4.38. The van der Waals surface area contributed by atoms with E-state index in [0.29, 0.717) is 19.7 Å². The number of ether oxygens (including phenoxy) is 2. The van der Waals surface area contributed by atoms with Crippen LogP contribution >= 0.6 is 0 Å². The lowest BCUT2D eigenvalue weighted by atomic mass is 9.94. The maximum atomic E-state index is 12.2. The van der Waals surface area contributed by atoms with Crippen molar-refractivity contribution < 1.29 is 24.2 Å². The second kappa shape index (κ2) is 8.87. The highest BCUT2D eigenvalue weighted by Gasteiger charge is 2.27. The Labute approximate surface area is 114 Å². The van der Waals surface area contributed by atoms with E-state index in [4.69, 9.17) is 9.84 Å². The Morgan fingerprint density at radius 2 is 1.79 bits per heavy atom. The third-order valence-electron chi connectivity index (χ3n) is 2.48. The first kappa shape index (κ1) is 17.9. The van der Waals surface area contributed by atoms with Crippen molar-refractivity contribution >= 4 is 11.9 Å². The van der Waals surface area contributed by atoms with Gasteiger partial charge in [-0.2, -0.15) is 0 Å². The Hall–Kier alpha value is -1.14. The van der Waals surface area contributed by atoms with Crippen LogP contribution < -0.4 is 0 Å². The van der Waals surface area contributed by atoms with Crippen LogP contribution in [0.2, 0.25) is 0 Å². The summed E-state index contributed by atoms with van der Waals surface area (Å²) in [6.07, 6.45) is 0.165. The summed E-state index contributed by atoms with van der Waals surface area (Å²) in [5, 5.41) is 8.61. The number of aliphatic hydroxyl groups is 1. The van der Waals surface area contributed by atoms with Gasteiger partial charge >= 0.3 is 5.97 Å². The van der Waals surface area contributed by atoms with Crippen LogP contribution in [0.4, 0.5) is 0 Å². The molecule has 0 bridgehead atoms. The van der Waals surface area contributed by atoms with Crippen LogP contribution in [0.25, 0.3) is 0 Å². The van der Waals surface area contributed by atoms with E-state index in [1.54, 1.807) is 4.90 Å². The molecular weight excluding hydrogens is 250 g/mol. The Bertz CT molecular complexity index is 285. The molecule has 0 aliphatic carbocycles. The molecule has 0 aromatic carbocycles. The summed E-state index contributed by atoms with van der Waals surface area (Å²) in [7, 11) is 1.32. The van der Waals surface area contributed by atoms with Gasteiger partial charge in [0, 0.05) is 18.5 Å². The molecule has 0 aliphatic rings. The highest BCUT2D eigenvalue weighted by Crippen LogP contribution is 2.17. The van der Waals surface area contributed by atoms with E-state index in [1.807, 2.05) is 20.8 Å². The lowest BCUT2D eigenvalue weighted by Crippen LogP contribution is -2.42. The molecular formula is C13H25NO5. The van der Waals surface area contributed by atoms with Gasteiger partial charge in [-0.3, -0.25) is 9.59 Å². The summed E-state index contributed by atoms with van der Waals surface area (Å²) in [5.74, 6) is -0.382. The molecule has 0 aromatic rings. The molecule has 0 spiro atoms. The Morgan fingerprint density at radius 3 is 2.26 bits per heavy atom. The maximum absolute atomic E-state index is 12.2. The summed E-state index contributed by atoms with van der Waals surface area (Å²) >= 11 is 0. The minimum absolute atomic E-state index is 0.0380. The zero-order valence-electron chi connectivity index (χ0n) is 12.3. The van der Waals surface area contributed by atoms with Crippen molar-refractivity contribution in [1.82, 2.24) is 4.90 Å². The molecule has 19 heavy (non-hydrogen) atoms. The van der Waals surface area contributed by atoms with Crippen LogP contribution in [0.1, 0.15) is 27.2 Å². The largest absolute Gasteiger partial charge is 0.469 e. The normalized spacial score (nSPS) is 11.2. The van der Waals surface area contributed by atoms with E-state index in [-0.39, 0.29) is 31.5 Å². The van der Waals surface area contributed by atoms with Crippen molar-refractivity contribution in [2.75, 3.05) is 40.0 Å². The number of methoxy groups -OCH3 is 1. The monoisotopic (exact) mass is 275 g/mol. The molecule has 0 aliphatic heterocycles. The predicted molar refractivity (Wildman–Crippen MR) is 70.6 cm³/mol. The van der Waals surface area contributed by atoms with Gasteiger partial charge in [-0.1, -0.05) is 20.8 Å². The third kappa shape index (κ3) is 7.79. The summed E-state index contributed by atoms with van der Waals surface area (Å²) < 4.78 is 9.72. The van der Waals surface area contributed by atoms with Crippen LogP contribution in [-0.4, -0.2) is 61.9 Å². The molecule has 6 heteroatoms. The molecule has 0 atom stereocenters. The van der Waals surface area contributed by atoms with Gasteiger partial charge in [0.1, 0.15) is 0 Å². The van der Waals surface area contributed by atoms with Gasteiger partial charge in [-0.15, -0.1) is 0 Å². The van der Waals surface area contributed by atoms with Crippen molar-refractivity contribution in [2.24, 2.45) is 5.41 Å². The van der Waals surface area contributed by atoms with Gasteiger partial charge < -0.3 is 19.5 Å². The second-order valence-electron chi connectivity index (χ2n) is 5.20. The average molecular weight is 275 g/mol. The number of nitrogens with zero attached hydrogens (tertiary/aromatic N) is 1. The fraction of sp³-hybridized carbons (Fsp3) is 0.846. The fourth-order valence-electron chi connectivity index (χ4n) is 1.46. The number of aliphatic hydroxyl groups excluding tert-OH is 1. The fourth-order valence-corrected chi connectivity index (χ4v) is 1.46. The van der Waals surface area contributed by atoms with Gasteiger partial charge in [0.25, 0.3) is 0 Å². The van der Waals surface area contributed by atoms with E-state index in [9.17, 15) is 9.59 Å². The first-order chi connectivity index (χ1) is 8.82. The van der Waals surface area contributed by atoms with E-state index < -0.39 is 5.41 Å². The van der Waals surface area contributed by atoms with Gasteiger partial charge in [0.2, 0.25) is 5.91 Å². The van der Waals surface area contributed by atoms with Crippen molar-refractivity contribution in [3.8, 4) is 0 Å². The van der Waals surface area contributed by atoms with Crippen molar-refractivity contribution in [1.29, 1.82) is 0 Å². The first-order valence-corrected chi connectivity index (χ1v) is 6.37. The molecule has 112 valence electrons. The number of carbonyl (C=O) groups is 2. The zero-order chi connectivity index (χ0) is 14.9. The number of amides is 1. The van der Waals surface area contributed by atoms with Gasteiger partial charge in [-0.05, 0) is 0 Å². The lowest BCUT2D eigenvalue weighted by molar-refractivity contribution is -0.144. The standard InChI is InChI=1S/C13H25NO5/c1-13(2,3)12(17)14(6-5-11(16)18-4)7-9-19-10-8-15/h15H,5-10H2,1-4H3. The smallest absolute Gasteiger partial charge is 0.307 e. The number of carbonyl (C=O) groups excluding carboxylic acids is 2. The molecule has 0 saturated carbocycles. The van der Waals surface area contributed by atoms with Crippen LogP contribution in [0.15, 0.2) is 0 Å². The van der Waals surface area contributed by atoms with E-state index in [2.05, 4.69) is 4.74 Å². The number of hydrogen-bond acceptors (Lipinski definition) is 5. The SMILES string of the molecule is COC(=O)CCN(CCOCCO)C(=O)C(C)(C)C. The number of rotatable bonds is 8. The highest BCUT2D eigenvalue weighted by atomic mass is 16.5. The lowest BCUT2D eigenvalue weighted by Gasteiger charge is -2.29. The molecule has 0 radical (unpaired) electrons. The molecule has 1 amide bonds. The molecule has 1 N–H and O–H groups in total. The quantitative estimate of drug-likeness (QED) is 0.513. The highest BCUT2D eigenvalue weighted by molar-refractivity contribution is 5.82. The average Bonchev–Trinajstić information content (AvgIpc) is 2.35. The van der Waals surface area contributed by atoms with Crippen molar-refractivity contribution in [2.45, 2.75) is 27.2 Å². The Morgan fingerprint density at radius 1 is 1.16 bits per heavy atom. The van der Waals surface area contributed by atoms with E-state index in [1.165, 1.54) is 7.11 Å². The minimum atomic E-state index is -0.507. The first-order valence-electron chi connectivity index (χ1n) is 6.37. The minimum Gasteiger partial charge on any atom is -0.469 e. The van der Waals surface area contributed by atoms with Crippen LogP contribution in [0.3, 0.4) is 0 Å². The maximum Gasteiger partial charge on any atom is 0.307 e. The zero-order valence-corrected chi connectivity index (χ0v) is 12.3. The molecule has 0 unspecified atom stereocenters. The number of hydrogen-bond donors (Lipinski definition) is 1. The van der Waals surface area contributed by atoms with E-state index >= 15 is 0 Å². The molecule has 0 aromatic heterocycles. The summed E-state index contributed by atoms with van der Waals surface area (Å²) in [4.78, 5) is 24.9. The molecule has 0 saturated heterocycles. The van der Waals surface area contributed by atoms with Gasteiger partial charge in [0.05, 0.1) is 33.4 Å². The van der Waals surface area contributed by atoms with E-state index in [0.717, 1.165) is 0 Å². The Kier molecular flexibility index (Phi) is 8.34.